The molecule has 2 heterocycles. The van der Waals surface area contributed by atoms with Gasteiger partial charge in [0.05, 0.1) is 19.7 Å². The first-order valence-electron chi connectivity index (χ1n) is 10.1. The molecule has 1 amide bonds. The summed E-state index contributed by atoms with van der Waals surface area (Å²) in [4.78, 5) is 26.1. The summed E-state index contributed by atoms with van der Waals surface area (Å²) in [6.45, 7) is 2.77. The Morgan fingerprint density at radius 1 is 1.07 bits per heavy atom. The van der Waals surface area contributed by atoms with E-state index in [2.05, 4.69) is 15.3 Å². The van der Waals surface area contributed by atoms with E-state index < -0.39 is 0 Å². The number of carbonyl (C=O) groups is 1. The van der Waals surface area contributed by atoms with Crippen LogP contribution >= 0.6 is 0 Å². The van der Waals surface area contributed by atoms with Gasteiger partial charge in [-0.05, 0) is 18.9 Å². The Morgan fingerprint density at radius 2 is 1.72 bits per heavy atom. The molecule has 0 radical (unpaired) electrons. The molecule has 156 valence electrons. The summed E-state index contributed by atoms with van der Waals surface area (Å²) in [6, 6.07) is 3.63. The maximum Gasteiger partial charge on any atom is 0.228 e. The standard InChI is InChI=1S/C20H28N6O3/c1-28-16-11-14-15(12-17(16)29-2)22-20(23-18(14)24-21)26-9-7-25(8-10-26)19(27)13-5-3-4-6-13/h11-13H,3-10,21H2,1-2H3,(H,22,23,24). The zero-order chi connectivity index (χ0) is 20.4. The van der Waals surface area contributed by atoms with Gasteiger partial charge in [-0.15, -0.1) is 0 Å². The van der Waals surface area contributed by atoms with Gasteiger partial charge in [0.15, 0.2) is 17.3 Å². The second-order valence-corrected chi connectivity index (χ2v) is 7.53. The molecule has 1 aliphatic carbocycles. The predicted octanol–water partition coefficient (Wildman–Crippen LogP) is 1.77. The summed E-state index contributed by atoms with van der Waals surface area (Å²) in [5.41, 5.74) is 3.38. The molecule has 1 saturated carbocycles. The SMILES string of the molecule is COc1cc2nc(N3CCN(C(=O)C4CCCC4)CC3)nc(NN)c2cc1OC. The second kappa shape index (κ2) is 8.28. The first-order valence-corrected chi connectivity index (χ1v) is 10.1. The number of hydrogen-bond acceptors (Lipinski definition) is 8. The molecule has 0 bridgehead atoms. The Kier molecular flexibility index (Phi) is 5.57. The maximum absolute atomic E-state index is 12.7. The number of ether oxygens (including phenoxy) is 2. The lowest BCUT2D eigenvalue weighted by Crippen LogP contribution is -2.50. The molecular formula is C20H28N6O3. The summed E-state index contributed by atoms with van der Waals surface area (Å²) in [6.07, 6.45) is 4.40. The van der Waals surface area contributed by atoms with Crippen LogP contribution in [-0.2, 0) is 4.79 Å². The van der Waals surface area contributed by atoms with Crippen molar-refractivity contribution in [2.45, 2.75) is 25.7 Å². The maximum atomic E-state index is 12.7. The van der Waals surface area contributed by atoms with Crippen LogP contribution in [0.5, 0.6) is 11.5 Å². The van der Waals surface area contributed by atoms with Crippen molar-refractivity contribution in [3.63, 3.8) is 0 Å². The van der Waals surface area contributed by atoms with E-state index in [-0.39, 0.29) is 5.92 Å². The number of rotatable bonds is 5. The number of hydrazine groups is 1. The normalized spacial score (nSPS) is 17.6. The smallest absolute Gasteiger partial charge is 0.228 e. The van der Waals surface area contributed by atoms with Crippen LogP contribution < -0.4 is 25.6 Å². The van der Waals surface area contributed by atoms with Crippen LogP contribution in [0.2, 0.25) is 0 Å². The van der Waals surface area contributed by atoms with Crippen molar-refractivity contribution in [1.82, 2.24) is 14.9 Å². The lowest BCUT2D eigenvalue weighted by atomic mass is 10.1. The number of anilines is 2. The molecule has 29 heavy (non-hydrogen) atoms. The van der Waals surface area contributed by atoms with Crippen molar-refractivity contribution in [3.05, 3.63) is 12.1 Å². The van der Waals surface area contributed by atoms with Crippen molar-refractivity contribution >= 4 is 28.6 Å². The number of nitrogens with two attached hydrogens (primary N) is 1. The minimum Gasteiger partial charge on any atom is -0.493 e. The van der Waals surface area contributed by atoms with Crippen LogP contribution in [0.3, 0.4) is 0 Å². The van der Waals surface area contributed by atoms with E-state index in [0.29, 0.717) is 60.9 Å². The van der Waals surface area contributed by atoms with Crippen molar-refractivity contribution < 1.29 is 14.3 Å². The third-order valence-corrected chi connectivity index (χ3v) is 5.90. The lowest BCUT2D eigenvalue weighted by molar-refractivity contribution is -0.135. The monoisotopic (exact) mass is 400 g/mol. The molecule has 2 fully saturated rings. The number of nitrogen functional groups attached to an aromatic ring is 1. The Hall–Kier alpha value is -2.81. The molecule has 1 aliphatic heterocycles. The van der Waals surface area contributed by atoms with Crippen LogP contribution in [0, 0.1) is 5.92 Å². The van der Waals surface area contributed by atoms with E-state index in [0.717, 1.165) is 18.2 Å². The molecule has 9 nitrogen and oxygen atoms in total. The van der Waals surface area contributed by atoms with Gasteiger partial charge in [0.1, 0.15) is 0 Å². The van der Waals surface area contributed by atoms with Crippen molar-refractivity contribution in [2.24, 2.45) is 11.8 Å². The Morgan fingerprint density at radius 3 is 2.34 bits per heavy atom. The molecule has 3 N–H and O–H groups in total. The largest absolute Gasteiger partial charge is 0.493 e. The molecular weight excluding hydrogens is 372 g/mol. The fourth-order valence-corrected chi connectivity index (χ4v) is 4.25. The highest BCUT2D eigenvalue weighted by molar-refractivity contribution is 5.92. The molecule has 4 rings (SSSR count). The molecule has 9 heteroatoms. The average molecular weight is 400 g/mol. The second-order valence-electron chi connectivity index (χ2n) is 7.53. The molecule has 2 aliphatic rings. The number of nitrogens with one attached hydrogen (secondary N) is 1. The minimum atomic E-state index is 0.217. The van der Waals surface area contributed by atoms with Gasteiger partial charge in [0.2, 0.25) is 11.9 Å². The molecule has 0 unspecified atom stereocenters. The summed E-state index contributed by atoms with van der Waals surface area (Å²) in [7, 11) is 3.18. The third-order valence-electron chi connectivity index (χ3n) is 5.90. The summed E-state index contributed by atoms with van der Waals surface area (Å²) in [5.74, 6) is 8.55. The highest BCUT2D eigenvalue weighted by atomic mass is 16.5. The number of benzene rings is 1. The van der Waals surface area contributed by atoms with Crippen LogP contribution in [-0.4, -0.2) is 61.2 Å². The lowest BCUT2D eigenvalue weighted by Gasteiger charge is -2.36. The van der Waals surface area contributed by atoms with E-state index in [1.54, 1.807) is 14.2 Å². The molecule has 0 atom stereocenters. The van der Waals surface area contributed by atoms with Crippen LogP contribution in [0.25, 0.3) is 10.9 Å². The van der Waals surface area contributed by atoms with Crippen LogP contribution in [0.1, 0.15) is 25.7 Å². The van der Waals surface area contributed by atoms with Gasteiger partial charge in [0, 0.05) is 43.5 Å². The quantitative estimate of drug-likeness (QED) is 0.578. The summed E-state index contributed by atoms with van der Waals surface area (Å²) >= 11 is 0. The molecule has 1 aromatic carbocycles. The average Bonchev–Trinajstić information content (AvgIpc) is 3.31. The first kappa shape index (κ1) is 19.5. The highest BCUT2D eigenvalue weighted by Gasteiger charge is 2.30. The van der Waals surface area contributed by atoms with Crippen molar-refractivity contribution in [2.75, 3.05) is 50.7 Å². The van der Waals surface area contributed by atoms with Gasteiger partial charge in [-0.3, -0.25) is 4.79 Å². The van der Waals surface area contributed by atoms with E-state index in [1.807, 2.05) is 17.0 Å². The predicted molar refractivity (Wildman–Crippen MR) is 111 cm³/mol. The summed E-state index contributed by atoms with van der Waals surface area (Å²) < 4.78 is 10.8. The van der Waals surface area contributed by atoms with E-state index in [1.165, 1.54) is 12.8 Å². The van der Waals surface area contributed by atoms with E-state index in [4.69, 9.17) is 20.3 Å². The topological polar surface area (TPSA) is 106 Å². The number of hydrogen-bond donors (Lipinski definition) is 2. The zero-order valence-corrected chi connectivity index (χ0v) is 17.0. The van der Waals surface area contributed by atoms with Crippen molar-refractivity contribution in [1.29, 1.82) is 0 Å². The third kappa shape index (κ3) is 3.74. The fourth-order valence-electron chi connectivity index (χ4n) is 4.25. The summed E-state index contributed by atoms with van der Waals surface area (Å²) in [5, 5.41) is 0.754. The fraction of sp³-hybridized carbons (Fsp3) is 0.550. The van der Waals surface area contributed by atoms with Gasteiger partial charge in [-0.25, -0.2) is 10.8 Å². The number of aromatic nitrogens is 2. The Balaban J connectivity index is 1.55. The van der Waals surface area contributed by atoms with Crippen molar-refractivity contribution in [3.8, 4) is 11.5 Å². The highest BCUT2D eigenvalue weighted by Crippen LogP contribution is 2.35. The molecule has 1 saturated heterocycles. The zero-order valence-electron chi connectivity index (χ0n) is 17.0. The Labute approximate surface area is 170 Å². The number of carbonyl (C=O) groups excluding carboxylic acids is 1. The number of fused-ring (bicyclic) bond motifs is 1. The van der Waals surface area contributed by atoms with Gasteiger partial charge in [0.25, 0.3) is 0 Å². The number of methoxy groups -OCH3 is 2. The number of nitrogens with zero attached hydrogens (tertiary/aromatic N) is 4. The van der Waals surface area contributed by atoms with Gasteiger partial charge >= 0.3 is 0 Å². The van der Waals surface area contributed by atoms with Gasteiger partial charge in [-0.1, -0.05) is 12.8 Å². The van der Waals surface area contributed by atoms with Crippen LogP contribution in [0.15, 0.2) is 12.1 Å². The Bertz CT molecular complexity index is 891. The number of amides is 1. The van der Waals surface area contributed by atoms with E-state index >= 15 is 0 Å². The molecule has 0 spiro atoms. The molecule has 2 aromatic rings. The van der Waals surface area contributed by atoms with Gasteiger partial charge in [-0.2, -0.15) is 4.98 Å². The van der Waals surface area contributed by atoms with Gasteiger partial charge < -0.3 is 24.7 Å². The number of piperazine rings is 1. The molecule has 1 aromatic heterocycles. The minimum absolute atomic E-state index is 0.217. The van der Waals surface area contributed by atoms with Crippen LogP contribution in [0.4, 0.5) is 11.8 Å². The van der Waals surface area contributed by atoms with E-state index in [9.17, 15) is 4.79 Å². The first-order chi connectivity index (χ1) is 14.1.